The summed E-state index contributed by atoms with van der Waals surface area (Å²) in [7, 11) is 3.33. The number of H-pyrrole nitrogens is 1. The number of aryl methyl sites for hydroxylation is 2. The molecule has 0 fully saturated rings. The van der Waals surface area contributed by atoms with Crippen LogP contribution in [0, 0.1) is 6.92 Å². The van der Waals surface area contributed by atoms with Crippen molar-refractivity contribution >= 4 is 189 Å². The molecule has 9 aromatic rings. The number of hydrogen-bond acceptors (Lipinski definition) is 29. The molecule has 0 aliphatic carbocycles. The van der Waals surface area contributed by atoms with E-state index in [1.807, 2.05) is 6.92 Å². The summed E-state index contributed by atoms with van der Waals surface area (Å²) in [6.45, 7) is 3.72. The smallest absolute Gasteiger partial charge is 0.545 e. The second kappa shape index (κ2) is 52.2. The number of nitrogen functional groups attached to an aromatic ring is 1. The summed E-state index contributed by atoms with van der Waals surface area (Å²) >= 11 is 49.3. The number of nitrogens with two attached hydrogens (primary N) is 1. The van der Waals surface area contributed by atoms with Crippen LogP contribution in [0.25, 0.3) is 0 Å². The molecule has 5 aromatic heterocycles. The number of carbonyl (C=O) groups is 4. The van der Waals surface area contributed by atoms with Gasteiger partial charge in [0.25, 0.3) is 0 Å². The standard InChI is InChI=1S/2C10H6Cl2N4O2.C9H10O2.C7H7NO2.C5H8N4O.C4H4Cl2N4.C3Cl3N3.H3N.4Na.2H3P/c2*11-8-14-9(12)16-10(15-8)13-6-3-1-5(2-4-6)7(17)18;1-2-7-3-5-8(6-4-7)9(10)11;8-6-3-1-5(2-4-6)7(9)10;1-3-7-4(6-2)9-5(10)8-3;1-7-4-9-2(5)8-3(6)10-4;4-1-7-2(5)9-3(6)8-1;;;;;;;/h2*1-4H,(H,17,18)(H,13,14,15,16);3-6H,2H2,1H3,(H,10,11);1-4H,8H2,(H,9,10);1-2H3,(H2,6,7,8,9,10);1H3,(H,7,8,9,10);;1H3;;;;;2*1H3/q;;;;;;;;4*+1;;/p-4. The van der Waals surface area contributed by atoms with Crippen molar-refractivity contribution in [2.75, 3.05) is 41.1 Å². The Morgan fingerprint density at radius 1 is 0.409 bits per heavy atom. The van der Waals surface area contributed by atoms with Crippen molar-refractivity contribution in [3.8, 4) is 0 Å². The largest absolute Gasteiger partial charge is 1.00 e. The van der Waals surface area contributed by atoms with E-state index in [9.17, 15) is 44.4 Å². The topological polar surface area (TPSA) is 483 Å². The first kappa shape index (κ1) is 97.7. The van der Waals surface area contributed by atoms with Crippen molar-refractivity contribution in [2.45, 2.75) is 20.3 Å². The number of carboxylic acids is 4. The number of carboxylic acid groups (broad SMARTS) is 4. The number of nitrogens with one attached hydrogen (secondary N) is 5. The molecule has 2 unspecified atom stereocenters. The molecule has 474 valence electrons. The minimum Gasteiger partial charge on any atom is -0.545 e. The van der Waals surface area contributed by atoms with Crippen molar-refractivity contribution < 1.29 is 158 Å². The third kappa shape index (κ3) is 41.0. The molecule has 0 aliphatic rings. The molecule has 0 saturated heterocycles. The number of hydrogen-bond donors (Lipinski definition) is 7. The molecule has 0 bridgehead atoms. The van der Waals surface area contributed by atoms with Gasteiger partial charge in [0.15, 0.2) is 0 Å². The predicted molar refractivity (Wildman–Crippen MR) is 342 cm³/mol. The van der Waals surface area contributed by atoms with Crippen LogP contribution in [0.4, 0.5) is 40.9 Å². The van der Waals surface area contributed by atoms with E-state index in [1.165, 1.54) is 72.8 Å². The van der Waals surface area contributed by atoms with Gasteiger partial charge in [-0.25, -0.2) is 9.78 Å². The molecule has 0 radical (unpaired) electrons. The van der Waals surface area contributed by atoms with E-state index >= 15 is 0 Å². The van der Waals surface area contributed by atoms with E-state index < -0.39 is 23.9 Å². The van der Waals surface area contributed by atoms with Gasteiger partial charge in [0, 0.05) is 31.2 Å². The molecule has 0 amide bonds. The zero-order valence-electron chi connectivity index (χ0n) is 50.0. The second-order valence-corrected chi connectivity index (χ2v) is 18.1. The summed E-state index contributed by atoms with van der Waals surface area (Å²) in [5.41, 5.74) is 8.32. The molecule has 9 rings (SSSR count). The van der Waals surface area contributed by atoms with Gasteiger partial charge in [0.2, 0.25) is 71.3 Å². The number of benzene rings is 4. The van der Waals surface area contributed by atoms with Crippen LogP contribution in [0.3, 0.4) is 0 Å². The first-order valence-corrected chi connectivity index (χ1v) is 26.3. The molecule has 5 heterocycles. The number of aromatic nitrogens is 15. The second-order valence-electron chi connectivity index (χ2n) is 15.0. The molecule has 10 N–H and O–H groups in total. The van der Waals surface area contributed by atoms with Crippen molar-refractivity contribution in [3.05, 3.63) is 189 Å². The van der Waals surface area contributed by atoms with Crippen LogP contribution in [0.1, 0.15) is 59.7 Å². The van der Waals surface area contributed by atoms with Gasteiger partial charge >= 0.3 is 124 Å². The Morgan fingerprint density at radius 3 is 0.892 bits per heavy atom. The van der Waals surface area contributed by atoms with Crippen molar-refractivity contribution in [3.63, 3.8) is 0 Å². The van der Waals surface area contributed by atoms with Gasteiger partial charge < -0.3 is 72.8 Å². The van der Waals surface area contributed by atoms with Crippen LogP contribution in [-0.2, 0) is 6.42 Å². The normalized spacial score (nSPS) is 9.00. The van der Waals surface area contributed by atoms with E-state index in [0.29, 0.717) is 34.8 Å². The van der Waals surface area contributed by atoms with Crippen molar-refractivity contribution in [1.82, 2.24) is 80.9 Å². The monoisotopic (exact) mass is 1530 g/mol. The van der Waals surface area contributed by atoms with Crippen LogP contribution in [0.5, 0.6) is 0 Å². The first-order valence-electron chi connectivity index (χ1n) is 22.9. The molecule has 4 aromatic carbocycles. The van der Waals surface area contributed by atoms with E-state index in [1.54, 1.807) is 45.3 Å². The Labute approximate surface area is 669 Å². The van der Waals surface area contributed by atoms with Crippen molar-refractivity contribution in [1.29, 1.82) is 0 Å². The van der Waals surface area contributed by atoms with Crippen LogP contribution in [0.15, 0.2) is 102 Å². The Hall–Kier alpha value is -3.96. The zero-order chi connectivity index (χ0) is 64.0. The van der Waals surface area contributed by atoms with Crippen LogP contribution >= 0.6 is 124 Å². The summed E-state index contributed by atoms with van der Waals surface area (Å²) < 4.78 is 0. The van der Waals surface area contributed by atoms with E-state index in [4.69, 9.17) is 110 Å². The quantitative estimate of drug-likeness (QED) is 0.0360. The summed E-state index contributed by atoms with van der Waals surface area (Å²) in [4.78, 5) is 106. The molecule has 93 heavy (non-hydrogen) atoms. The number of nitrogens with zero attached hydrogens (tertiary/aromatic N) is 14. The van der Waals surface area contributed by atoms with Gasteiger partial charge in [0.1, 0.15) is 5.82 Å². The molecular weight excluding hydrogens is 1490 g/mol. The molecule has 30 nitrogen and oxygen atoms in total. The van der Waals surface area contributed by atoms with E-state index in [-0.39, 0.29) is 232 Å². The van der Waals surface area contributed by atoms with Gasteiger partial charge in [-0.3, -0.25) is 4.98 Å². The third-order valence-electron chi connectivity index (χ3n) is 9.01. The van der Waals surface area contributed by atoms with Gasteiger partial charge in [-0.1, -0.05) is 67.6 Å². The zero-order valence-corrected chi connectivity index (χ0v) is 67.6. The van der Waals surface area contributed by atoms with E-state index in [0.717, 1.165) is 12.0 Å². The maximum atomic E-state index is 10.6. The third-order valence-corrected chi connectivity index (χ3v) is 10.5. The Morgan fingerprint density at radius 2 is 0.645 bits per heavy atom. The average Bonchev–Trinajstić information content (AvgIpc) is 3.15. The Kier molecular flexibility index (Phi) is 54.8. The number of aromatic amines is 1. The average molecular weight is 1530 g/mol. The molecule has 0 saturated carbocycles. The summed E-state index contributed by atoms with van der Waals surface area (Å²) in [5.74, 6) is -3.17. The first-order chi connectivity index (χ1) is 40.6. The fourth-order valence-electron chi connectivity index (χ4n) is 5.24. The number of carbonyl (C=O) groups excluding carboxylic acids is 4. The molecule has 2 atom stereocenters. The van der Waals surface area contributed by atoms with Crippen LogP contribution in [0.2, 0.25) is 47.6 Å². The number of halogens is 9. The number of anilines is 7. The van der Waals surface area contributed by atoms with Gasteiger partial charge in [-0.05, 0) is 182 Å². The summed E-state index contributed by atoms with van der Waals surface area (Å²) in [6.07, 6.45) is 0.924. The summed E-state index contributed by atoms with van der Waals surface area (Å²) in [5, 5.41) is 52.6. The van der Waals surface area contributed by atoms with Crippen LogP contribution < -0.4 is 177 Å². The fraction of sp³-hybridized carbons (Fsp3) is 0.104. The van der Waals surface area contributed by atoms with Crippen LogP contribution in [-0.4, -0.2) is 113 Å². The van der Waals surface area contributed by atoms with Gasteiger partial charge in [0.05, 0.1) is 23.9 Å². The number of rotatable bonds is 11. The minimum atomic E-state index is -1.24. The minimum absolute atomic E-state index is 0. The van der Waals surface area contributed by atoms with Gasteiger partial charge in [-0.15, -0.1) is 0 Å². The molecule has 0 spiro atoms. The number of aromatic carboxylic acids is 4. The maximum Gasteiger partial charge on any atom is 1.00 e. The van der Waals surface area contributed by atoms with Gasteiger partial charge in [-0.2, -0.15) is 84.6 Å². The van der Waals surface area contributed by atoms with Crippen molar-refractivity contribution in [2.24, 2.45) is 0 Å². The SMILES string of the molecule is CCc1ccc(C(=O)[O-])cc1.CNc1nc(C)[nH]c(=O)n1.CNc1nc(Cl)nc(Cl)n1.Clc1nc(Cl)nc(Cl)n1.N.Nc1ccc(C(=O)[O-])cc1.O=C([O-])c1ccc(Nc2nc(Cl)nc(Cl)n2)cc1.O=C([O-])c1ccc(Nc2nc(Cl)nc(Cl)n2)cc1.P.P.[Na+].[Na+].[Na+].[Na+]. The molecule has 0 aliphatic heterocycles. The van der Waals surface area contributed by atoms with E-state index in [2.05, 4.69) is 96.0 Å². The molecule has 45 heteroatoms. The fourth-order valence-corrected chi connectivity index (χ4v) is 6.94. The Bertz CT molecular complexity index is 3580. The maximum absolute atomic E-state index is 10.6. The predicted octanol–water partition coefficient (Wildman–Crippen LogP) is -6.32. The Balaban J connectivity index is -0.000000325. The summed E-state index contributed by atoms with van der Waals surface area (Å²) in [6, 6.07) is 24.3. The molecular formula is C48H46Cl9N21Na4O9P2.